The molecule has 2 rings (SSSR count). The lowest BCUT2D eigenvalue weighted by Crippen LogP contribution is -2.15. The van der Waals surface area contributed by atoms with E-state index in [9.17, 15) is 8.78 Å². The Labute approximate surface area is 81.9 Å². The van der Waals surface area contributed by atoms with Gasteiger partial charge in [0.1, 0.15) is 11.6 Å². The molecule has 2 N–H and O–H groups in total. The highest BCUT2D eigenvalue weighted by Gasteiger charge is 2.39. The van der Waals surface area contributed by atoms with Gasteiger partial charge in [-0.15, -0.1) is 0 Å². The third kappa shape index (κ3) is 1.64. The summed E-state index contributed by atoms with van der Waals surface area (Å²) in [6.45, 7) is 2.09. The average Bonchev–Trinajstić information content (AvgIpc) is 2.81. The lowest BCUT2D eigenvalue weighted by Gasteiger charge is -2.12. The molecule has 0 bridgehead atoms. The lowest BCUT2D eigenvalue weighted by molar-refractivity contribution is 0.524. The summed E-state index contributed by atoms with van der Waals surface area (Å²) in [6.07, 6.45) is 1.04. The normalized spacial score (nSPS) is 27.4. The molecule has 14 heavy (non-hydrogen) atoms. The maximum atomic E-state index is 13.3. The molecule has 1 aromatic carbocycles. The van der Waals surface area contributed by atoms with Crippen LogP contribution >= 0.6 is 0 Å². The standard InChI is InChI=1S/C11H13F2N/c1-6-4-9(6)11(14)8-3-2-7(12)5-10(8)13/h2-3,5-6,9,11H,4,14H2,1H3. The van der Waals surface area contributed by atoms with Gasteiger partial charge >= 0.3 is 0 Å². The Hall–Kier alpha value is -0.960. The average molecular weight is 197 g/mol. The monoisotopic (exact) mass is 197 g/mol. The number of rotatable bonds is 2. The molecule has 1 aromatic rings. The number of halogens is 2. The van der Waals surface area contributed by atoms with Gasteiger partial charge in [0.15, 0.2) is 0 Å². The van der Waals surface area contributed by atoms with Gasteiger partial charge in [-0.2, -0.15) is 0 Å². The fraction of sp³-hybridized carbons (Fsp3) is 0.455. The van der Waals surface area contributed by atoms with Gasteiger partial charge in [-0.05, 0) is 24.3 Å². The molecule has 3 unspecified atom stereocenters. The summed E-state index contributed by atoms with van der Waals surface area (Å²) in [7, 11) is 0. The Morgan fingerprint density at radius 2 is 2.07 bits per heavy atom. The summed E-state index contributed by atoms with van der Waals surface area (Å²) in [6, 6.07) is 3.30. The van der Waals surface area contributed by atoms with Crippen LogP contribution in [0, 0.1) is 23.5 Å². The fourth-order valence-electron chi connectivity index (χ4n) is 1.85. The molecule has 3 heteroatoms. The van der Waals surface area contributed by atoms with Gasteiger partial charge in [-0.3, -0.25) is 0 Å². The molecule has 0 radical (unpaired) electrons. The molecule has 3 atom stereocenters. The van der Waals surface area contributed by atoms with Crippen molar-refractivity contribution < 1.29 is 8.78 Å². The Balaban J connectivity index is 2.23. The van der Waals surface area contributed by atoms with Gasteiger partial charge in [-0.25, -0.2) is 8.78 Å². The Morgan fingerprint density at radius 1 is 1.43 bits per heavy atom. The molecule has 0 saturated heterocycles. The molecule has 1 aliphatic carbocycles. The van der Waals surface area contributed by atoms with Crippen molar-refractivity contribution in [2.24, 2.45) is 17.6 Å². The highest BCUT2D eigenvalue weighted by molar-refractivity contribution is 5.24. The second kappa shape index (κ2) is 3.31. The molecule has 0 spiro atoms. The first kappa shape index (κ1) is 9.59. The van der Waals surface area contributed by atoms with E-state index in [1.54, 1.807) is 0 Å². The van der Waals surface area contributed by atoms with Gasteiger partial charge < -0.3 is 5.73 Å². The molecule has 0 aliphatic heterocycles. The van der Waals surface area contributed by atoms with E-state index in [2.05, 4.69) is 6.92 Å². The Bertz CT molecular complexity index is 351. The minimum absolute atomic E-state index is 0.286. The van der Waals surface area contributed by atoms with Gasteiger partial charge in [0.25, 0.3) is 0 Å². The van der Waals surface area contributed by atoms with Gasteiger partial charge in [0, 0.05) is 17.7 Å². The zero-order valence-corrected chi connectivity index (χ0v) is 8.00. The van der Waals surface area contributed by atoms with Crippen molar-refractivity contribution in [3.63, 3.8) is 0 Å². The number of hydrogen-bond acceptors (Lipinski definition) is 1. The highest BCUT2D eigenvalue weighted by Crippen LogP contribution is 2.46. The molecule has 1 saturated carbocycles. The van der Waals surface area contributed by atoms with E-state index in [4.69, 9.17) is 5.73 Å². The maximum absolute atomic E-state index is 13.3. The van der Waals surface area contributed by atoms with Crippen LogP contribution in [0.4, 0.5) is 8.78 Å². The van der Waals surface area contributed by atoms with Gasteiger partial charge in [0.05, 0.1) is 0 Å². The second-order valence-corrected chi connectivity index (χ2v) is 4.07. The summed E-state index contributed by atoms with van der Waals surface area (Å²) in [5, 5.41) is 0. The maximum Gasteiger partial charge on any atom is 0.130 e. The van der Waals surface area contributed by atoms with Crippen LogP contribution in [0.25, 0.3) is 0 Å². The molecular formula is C11H13F2N. The molecule has 0 amide bonds. The van der Waals surface area contributed by atoms with E-state index in [0.717, 1.165) is 12.5 Å². The van der Waals surface area contributed by atoms with Crippen LogP contribution in [0.1, 0.15) is 24.9 Å². The van der Waals surface area contributed by atoms with E-state index in [1.165, 1.54) is 12.1 Å². The van der Waals surface area contributed by atoms with Crippen LogP contribution in [0.2, 0.25) is 0 Å². The second-order valence-electron chi connectivity index (χ2n) is 4.07. The largest absolute Gasteiger partial charge is 0.324 e. The lowest BCUT2D eigenvalue weighted by atomic mass is 10.0. The van der Waals surface area contributed by atoms with Gasteiger partial charge in [0.2, 0.25) is 0 Å². The first-order chi connectivity index (χ1) is 6.59. The first-order valence-electron chi connectivity index (χ1n) is 4.80. The van der Waals surface area contributed by atoms with Gasteiger partial charge in [-0.1, -0.05) is 13.0 Å². The molecule has 0 heterocycles. The van der Waals surface area contributed by atoms with E-state index in [0.29, 0.717) is 17.4 Å². The SMILES string of the molecule is CC1CC1C(N)c1ccc(F)cc1F. The van der Waals surface area contributed by atoms with Crippen LogP contribution in [0.3, 0.4) is 0 Å². The topological polar surface area (TPSA) is 26.0 Å². The smallest absolute Gasteiger partial charge is 0.130 e. The van der Waals surface area contributed by atoms with Crippen LogP contribution in [-0.2, 0) is 0 Å². The summed E-state index contributed by atoms with van der Waals surface area (Å²) >= 11 is 0. The summed E-state index contributed by atoms with van der Waals surface area (Å²) in [4.78, 5) is 0. The molecule has 0 aromatic heterocycles. The molecular weight excluding hydrogens is 184 g/mol. The van der Waals surface area contributed by atoms with E-state index < -0.39 is 11.6 Å². The number of hydrogen-bond donors (Lipinski definition) is 1. The Morgan fingerprint density at radius 3 is 2.57 bits per heavy atom. The van der Waals surface area contributed by atoms with E-state index in [-0.39, 0.29) is 6.04 Å². The van der Waals surface area contributed by atoms with Crippen LogP contribution in [0.15, 0.2) is 18.2 Å². The van der Waals surface area contributed by atoms with Crippen molar-refractivity contribution in [2.75, 3.05) is 0 Å². The minimum Gasteiger partial charge on any atom is -0.324 e. The summed E-state index contributed by atoms with van der Waals surface area (Å²) in [5.74, 6) is -0.164. The van der Waals surface area contributed by atoms with Crippen molar-refractivity contribution in [3.8, 4) is 0 Å². The summed E-state index contributed by atoms with van der Waals surface area (Å²) < 4.78 is 25.9. The highest BCUT2D eigenvalue weighted by atomic mass is 19.1. The quantitative estimate of drug-likeness (QED) is 0.774. The zero-order chi connectivity index (χ0) is 10.3. The number of benzene rings is 1. The Kier molecular flexibility index (Phi) is 2.27. The fourth-order valence-corrected chi connectivity index (χ4v) is 1.85. The summed E-state index contributed by atoms with van der Waals surface area (Å²) in [5.41, 5.74) is 6.31. The van der Waals surface area contributed by atoms with Crippen molar-refractivity contribution >= 4 is 0 Å². The van der Waals surface area contributed by atoms with Crippen LogP contribution in [0.5, 0.6) is 0 Å². The van der Waals surface area contributed by atoms with Crippen LogP contribution < -0.4 is 5.73 Å². The molecule has 1 aliphatic rings. The van der Waals surface area contributed by atoms with E-state index in [1.807, 2.05) is 0 Å². The van der Waals surface area contributed by atoms with Crippen molar-refractivity contribution in [2.45, 2.75) is 19.4 Å². The molecule has 1 nitrogen and oxygen atoms in total. The number of nitrogens with two attached hydrogens (primary N) is 1. The third-order valence-electron chi connectivity index (χ3n) is 2.95. The predicted octanol–water partition coefficient (Wildman–Crippen LogP) is 2.62. The van der Waals surface area contributed by atoms with Crippen molar-refractivity contribution in [3.05, 3.63) is 35.4 Å². The zero-order valence-electron chi connectivity index (χ0n) is 8.00. The first-order valence-corrected chi connectivity index (χ1v) is 4.80. The molecule has 76 valence electrons. The van der Waals surface area contributed by atoms with Crippen LogP contribution in [-0.4, -0.2) is 0 Å². The van der Waals surface area contributed by atoms with Crippen molar-refractivity contribution in [1.82, 2.24) is 0 Å². The third-order valence-corrected chi connectivity index (χ3v) is 2.95. The predicted molar refractivity (Wildman–Crippen MR) is 50.6 cm³/mol. The minimum atomic E-state index is -0.553. The van der Waals surface area contributed by atoms with Crippen molar-refractivity contribution in [1.29, 1.82) is 0 Å². The molecule has 1 fully saturated rings. The van der Waals surface area contributed by atoms with E-state index >= 15 is 0 Å².